The van der Waals surface area contributed by atoms with Crippen LogP contribution in [0.5, 0.6) is 0 Å². The monoisotopic (exact) mass is 312 g/mol. The third-order valence-electron chi connectivity index (χ3n) is 3.79. The lowest BCUT2D eigenvalue weighted by Gasteiger charge is -2.15. The second-order valence-corrected chi connectivity index (χ2v) is 5.39. The number of amides is 1. The Morgan fingerprint density at radius 3 is 2.78 bits per heavy atom. The molecule has 0 aliphatic heterocycles. The number of aryl methyl sites for hydroxylation is 2. The van der Waals surface area contributed by atoms with Crippen molar-refractivity contribution < 1.29 is 9.32 Å². The molecule has 0 saturated carbocycles. The Morgan fingerprint density at radius 1 is 1.30 bits per heavy atom. The Balaban J connectivity index is 1.94. The Morgan fingerprint density at radius 2 is 2.04 bits per heavy atom. The van der Waals surface area contributed by atoms with Crippen molar-refractivity contribution in [1.82, 2.24) is 14.7 Å². The van der Waals surface area contributed by atoms with Gasteiger partial charge in [0.2, 0.25) is 5.91 Å². The number of nitrogens with zero attached hydrogens (tertiary/aromatic N) is 3. The lowest BCUT2D eigenvalue weighted by molar-refractivity contribution is -0.118. The van der Waals surface area contributed by atoms with E-state index in [2.05, 4.69) is 15.5 Å². The fourth-order valence-corrected chi connectivity index (χ4v) is 2.34. The molecule has 23 heavy (non-hydrogen) atoms. The van der Waals surface area contributed by atoms with Crippen molar-refractivity contribution in [3.05, 3.63) is 52.2 Å². The molecule has 1 unspecified atom stereocenters. The Kier molecular flexibility index (Phi) is 3.69. The highest BCUT2D eigenvalue weighted by atomic mass is 16.5. The SMILES string of the molecule is Cc1ccccc1NC(=O)C(C)n1cnc2onc(C)c2c1=O. The minimum atomic E-state index is -0.715. The summed E-state index contributed by atoms with van der Waals surface area (Å²) in [5.41, 5.74) is 1.95. The molecule has 1 aromatic carbocycles. The van der Waals surface area contributed by atoms with Crippen molar-refractivity contribution in [1.29, 1.82) is 0 Å². The number of nitrogens with one attached hydrogen (secondary N) is 1. The topological polar surface area (TPSA) is 90.0 Å². The lowest BCUT2D eigenvalue weighted by atomic mass is 10.2. The van der Waals surface area contributed by atoms with Crippen molar-refractivity contribution in [3.63, 3.8) is 0 Å². The fourth-order valence-electron chi connectivity index (χ4n) is 2.34. The van der Waals surface area contributed by atoms with Gasteiger partial charge in [-0.2, -0.15) is 0 Å². The molecule has 3 rings (SSSR count). The molecule has 1 N–H and O–H groups in total. The van der Waals surface area contributed by atoms with Crippen LogP contribution in [0, 0.1) is 13.8 Å². The van der Waals surface area contributed by atoms with E-state index in [0.29, 0.717) is 16.8 Å². The zero-order valence-electron chi connectivity index (χ0n) is 13.0. The first-order valence-electron chi connectivity index (χ1n) is 7.18. The van der Waals surface area contributed by atoms with Crippen molar-refractivity contribution in [2.75, 3.05) is 5.32 Å². The maximum absolute atomic E-state index is 12.5. The van der Waals surface area contributed by atoms with Crippen LogP contribution in [0.3, 0.4) is 0 Å². The van der Waals surface area contributed by atoms with E-state index in [1.807, 2.05) is 31.2 Å². The smallest absolute Gasteiger partial charge is 0.267 e. The summed E-state index contributed by atoms with van der Waals surface area (Å²) in [6.45, 7) is 5.21. The number of rotatable bonds is 3. The van der Waals surface area contributed by atoms with Gasteiger partial charge in [-0.05, 0) is 32.4 Å². The van der Waals surface area contributed by atoms with Gasteiger partial charge in [-0.1, -0.05) is 23.4 Å². The maximum atomic E-state index is 12.5. The van der Waals surface area contributed by atoms with Gasteiger partial charge in [-0.15, -0.1) is 0 Å². The third kappa shape index (κ3) is 2.61. The number of carbonyl (C=O) groups is 1. The van der Waals surface area contributed by atoms with Gasteiger partial charge in [0.05, 0.1) is 5.69 Å². The summed E-state index contributed by atoms with van der Waals surface area (Å²) in [5.74, 6) is -0.295. The van der Waals surface area contributed by atoms with Crippen LogP contribution in [0.15, 0.2) is 39.9 Å². The van der Waals surface area contributed by atoms with Gasteiger partial charge in [-0.25, -0.2) is 4.98 Å². The fraction of sp³-hybridized carbons (Fsp3) is 0.250. The number of benzene rings is 1. The van der Waals surface area contributed by atoms with Crippen molar-refractivity contribution in [2.45, 2.75) is 26.8 Å². The van der Waals surface area contributed by atoms with Crippen LogP contribution in [-0.2, 0) is 4.79 Å². The molecule has 7 nitrogen and oxygen atoms in total. The number of aromatic nitrogens is 3. The highest BCUT2D eigenvalue weighted by Crippen LogP contribution is 2.16. The van der Waals surface area contributed by atoms with Crippen LogP contribution in [0.2, 0.25) is 0 Å². The molecule has 2 heterocycles. The highest BCUT2D eigenvalue weighted by Gasteiger charge is 2.20. The zero-order chi connectivity index (χ0) is 16.6. The van der Waals surface area contributed by atoms with E-state index in [9.17, 15) is 9.59 Å². The van der Waals surface area contributed by atoms with Crippen LogP contribution in [0.4, 0.5) is 5.69 Å². The van der Waals surface area contributed by atoms with E-state index in [1.54, 1.807) is 13.8 Å². The van der Waals surface area contributed by atoms with E-state index in [4.69, 9.17) is 4.52 Å². The third-order valence-corrected chi connectivity index (χ3v) is 3.79. The first-order chi connectivity index (χ1) is 11.0. The number of para-hydroxylation sites is 1. The van der Waals surface area contributed by atoms with Crippen LogP contribution in [0.1, 0.15) is 24.2 Å². The van der Waals surface area contributed by atoms with Gasteiger partial charge in [0.1, 0.15) is 17.8 Å². The summed E-state index contributed by atoms with van der Waals surface area (Å²) >= 11 is 0. The highest BCUT2D eigenvalue weighted by molar-refractivity contribution is 5.94. The van der Waals surface area contributed by atoms with E-state index < -0.39 is 6.04 Å². The molecule has 0 spiro atoms. The predicted octanol–water partition coefficient (Wildman–Crippen LogP) is 2.20. The molecule has 118 valence electrons. The average molecular weight is 312 g/mol. The number of anilines is 1. The second kappa shape index (κ2) is 5.68. The molecule has 0 saturated heterocycles. The van der Waals surface area contributed by atoms with Gasteiger partial charge in [-0.3, -0.25) is 14.2 Å². The molecule has 0 bridgehead atoms. The normalized spacial score (nSPS) is 12.3. The average Bonchev–Trinajstić information content (AvgIpc) is 2.91. The molecule has 0 aliphatic carbocycles. The van der Waals surface area contributed by atoms with E-state index >= 15 is 0 Å². The molecule has 3 aromatic rings. The lowest BCUT2D eigenvalue weighted by Crippen LogP contribution is -2.32. The number of hydrogen-bond acceptors (Lipinski definition) is 5. The van der Waals surface area contributed by atoms with Crippen LogP contribution >= 0.6 is 0 Å². The summed E-state index contributed by atoms with van der Waals surface area (Å²) < 4.78 is 6.24. The van der Waals surface area contributed by atoms with Crippen molar-refractivity contribution in [3.8, 4) is 0 Å². The molecule has 2 aromatic heterocycles. The Labute approximate surface area is 131 Å². The van der Waals surface area contributed by atoms with Gasteiger partial charge in [0.25, 0.3) is 11.3 Å². The van der Waals surface area contributed by atoms with E-state index in [-0.39, 0.29) is 17.2 Å². The molecule has 1 atom stereocenters. The maximum Gasteiger partial charge on any atom is 0.267 e. The second-order valence-electron chi connectivity index (χ2n) is 5.39. The largest absolute Gasteiger partial charge is 0.335 e. The first-order valence-corrected chi connectivity index (χ1v) is 7.18. The van der Waals surface area contributed by atoms with Gasteiger partial charge >= 0.3 is 0 Å². The standard InChI is InChI=1S/C16H16N4O3/c1-9-6-4-5-7-12(9)18-14(21)11(3)20-8-17-15-13(16(20)22)10(2)19-23-15/h4-8,11H,1-3H3,(H,18,21). The number of hydrogen-bond donors (Lipinski definition) is 1. The van der Waals surface area contributed by atoms with Crippen molar-refractivity contribution >= 4 is 22.7 Å². The Bertz CT molecular complexity index is 942. The van der Waals surface area contributed by atoms with Crippen LogP contribution in [-0.4, -0.2) is 20.6 Å². The van der Waals surface area contributed by atoms with Gasteiger partial charge in [0, 0.05) is 5.69 Å². The summed E-state index contributed by atoms with van der Waals surface area (Å²) in [4.78, 5) is 29.0. The molecule has 7 heteroatoms. The number of fused-ring (bicyclic) bond motifs is 1. The minimum absolute atomic E-state index is 0.176. The quantitative estimate of drug-likeness (QED) is 0.800. The molecule has 0 radical (unpaired) electrons. The molecule has 0 aliphatic rings. The summed E-state index contributed by atoms with van der Waals surface area (Å²) in [5, 5.41) is 6.85. The molecular formula is C16H16N4O3. The summed E-state index contributed by atoms with van der Waals surface area (Å²) in [6.07, 6.45) is 1.30. The van der Waals surface area contributed by atoms with Crippen LogP contribution in [0.25, 0.3) is 11.1 Å². The molecular weight excluding hydrogens is 296 g/mol. The Hall–Kier alpha value is -2.96. The molecule has 1 amide bonds. The summed E-state index contributed by atoms with van der Waals surface area (Å²) in [7, 11) is 0. The summed E-state index contributed by atoms with van der Waals surface area (Å²) in [6, 6.07) is 6.74. The van der Waals surface area contributed by atoms with Gasteiger partial charge < -0.3 is 9.84 Å². The number of carbonyl (C=O) groups excluding carboxylic acids is 1. The predicted molar refractivity (Wildman–Crippen MR) is 85.3 cm³/mol. The van der Waals surface area contributed by atoms with E-state index in [0.717, 1.165) is 5.56 Å². The van der Waals surface area contributed by atoms with Gasteiger partial charge in [0.15, 0.2) is 0 Å². The van der Waals surface area contributed by atoms with E-state index in [1.165, 1.54) is 10.9 Å². The van der Waals surface area contributed by atoms with Crippen molar-refractivity contribution in [2.24, 2.45) is 0 Å². The van der Waals surface area contributed by atoms with Crippen LogP contribution < -0.4 is 10.9 Å². The zero-order valence-corrected chi connectivity index (χ0v) is 13.0. The molecule has 0 fully saturated rings. The first kappa shape index (κ1) is 15.0. The minimum Gasteiger partial charge on any atom is -0.335 e.